The Bertz CT molecular complexity index is 671. The number of hydrogen-bond donors (Lipinski definition) is 1. The quantitative estimate of drug-likeness (QED) is 0.272. The van der Waals surface area contributed by atoms with Crippen molar-refractivity contribution >= 4 is 41.7 Å². The molecule has 3 heterocycles. The van der Waals surface area contributed by atoms with Gasteiger partial charge in [-0.15, -0.1) is 24.0 Å². The number of nitrogens with one attached hydrogen (secondary N) is 1. The molecule has 2 saturated heterocycles. The van der Waals surface area contributed by atoms with Crippen LogP contribution in [-0.4, -0.2) is 61.1 Å². The number of carbonyl (C=O) groups is 1. The number of aromatic nitrogens is 1. The van der Waals surface area contributed by atoms with E-state index < -0.39 is 0 Å². The molecule has 0 spiro atoms. The minimum atomic E-state index is -0.0599. The van der Waals surface area contributed by atoms with Gasteiger partial charge in [0.1, 0.15) is 5.82 Å². The molecule has 7 nitrogen and oxygen atoms in total. The summed E-state index contributed by atoms with van der Waals surface area (Å²) >= 11 is 0. The van der Waals surface area contributed by atoms with E-state index in [1.54, 1.807) is 0 Å². The number of guanidine groups is 1. The van der Waals surface area contributed by atoms with E-state index in [9.17, 15) is 4.79 Å². The van der Waals surface area contributed by atoms with Crippen molar-refractivity contribution in [1.82, 2.24) is 15.2 Å². The first kappa shape index (κ1) is 23.7. The van der Waals surface area contributed by atoms with Gasteiger partial charge in [-0.1, -0.05) is 0 Å². The summed E-state index contributed by atoms with van der Waals surface area (Å²) in [5, 5.41) is 3.40. The van der Waals surface area contributed by atoms with Gasteiger partial charge in [-0.3, -0.25) is 4.79 Å². The zero-order chi connectivity index (χ0) is 19.8. The SMILES string of the molecule is CCNC(=NCc1ccnc(N2CCCC2)c1)N1CCC(C(=O)OCC)CC1.I. The third-order valence-corrected chi connectivity index (χ3v) is 5.40. The lowest BCUT2D eigenvalue weighted by atomic mass is 9.97. The fourth-order valence-electron chi connectivity index (χ4n) is 3.86. The average Bonchev–Trinajstić information content (AvgIpc) is 3.27. The van der Waals surface area contributed by atoms with Gasteiger partial charge in [-0.2, -0.15) is 0 Å². The summed E-state index contributed by atoms with van der Waals surface area (Å²) in [5.41, 5.74) is 1.17. The summed E-state index contributed by atoms with van der Waals surface area (Å²) in [5.74, 6) is 1.94. The van der Waals surface area contributed by atoms with Crippen molar-refractivity contribution in [3.63, 3.8) is 0 Å². The van der Waals surface area contributed by atoms with Gasteiger partial charge < -0.3 is 19.9 Å². The number of anilines is 1. The Morgan fingerprint density at radius 3 is 2.62 bits per heavy atom. The molecule has 1 N–H and O–H groups in total. The van der Waals surface area contributed by atoms with Crippen LogP contribution in [0, 0.1) is 5.92 Å². The maximum atomic E-state index is 12.0. The zero-order valence-corrected chi connectivity index (χ0v) is 19.9. The van der Waals surface area contributed by atoms with Gasteiger partial charge in [0.25, 0.3) is 0 Å². The summed E-state index contributed by atoms with van der Waals surface area (Å²) in [6.07, 6.45) is 6.01. The van der Waals surface area contributed by atoms with Gasteiger partial charge >= 0.3 is 5.97 Å². The number of aliphatic imine (C=N–C) groups is 1. The first-order valence-electron chi connectivity index (χ1n) is 10.6. The number of esters is 1. The number of nitrogens with zero attached hydrogens (tertiary/aromatic N) is 4. The molecule has 29 heavy (non-hydrogen) atoms. The van der Waals surface area contributed by atoms with Crippen LogP contribution < -0.4 is 10.2 Å². The Hall–Kier alpha value is -1.58. The van der Waals surface area contributed by atoms with Gasteiger partial charge in [0, 0.05) is 38.9 Å². The molecule has 0 unspecified atom stereocenters. The third-order valence-electron chi connectivity index (χ3n) is 5.40. The molecule has 0 saturated carbocycles. The third kappa shape index (κ3) is 6.72. The maximum absolute atomic E-state index is 12.0. The monoisotopic (exact) mass is 515 g/mol. The first-order valence-corrected chi connectivity index (χ1v) is 10.6. The number of piperidine rings is 1. The summed E-state index contributed by atoms with van der Waals surface area (Å²) in [6, 6.07) is 4.20. The standard InChI is InChI=1S/C21H33N5O2.HI/c1-3-22-21(26-13-8-18(9-14-26)20(27)28-4-2)24-16-17-7-10-23-19(15-17)25-11-5-6-12-25;/h7,10,15,18H,3-6,8-9,11-14,16H2,1-2H3,(H,22,24);1H. The largest absolute Gasteiger partial charge is 0.466 e. The predicted molar refractivity (Wildman–Crippen MR) is 127 cm³/mol. The molecule has 1 aromatic heterocycles. The molecule has 0 radical (unpaired) electrons. The lowest BCUT2D eigenvalue weighted by molar-refractivity contribution is -0.149. The number of carbonyl (C=O) groups excluding carboxylic acids is 1. The minimum absolute atomic E-state index is 0. The highest BCUT2D eigenvalue weighted by molar-refractivity contribution is 14.0. The van der Waals surface area contributed by atoms with E-state index in [2.05, 4.69) is 33.1 Å². The van der Waals surface area contributed by atoms with Gasteiger partial charge in [0.15, 0.2) is 5.96 Å². The van der Waals surface area contributed by atoms with E-state index in [4.69, 9.17) is 9.73 Å². The van der Waals surface area contributed by atoms with Crippen LogP contribution in [0.1, 0.15) is 45.1 Å². The highest BCUT2D eigenvalue weighted by atomic mass is 127. The molecule has 0 aromatic carbocycles. The smallest absolute Gasteiger partial charge is 0.309 e. The van der Waals surface area contributed by atoms with Crippen LogP contribution in [0.3, 0.4) is 0 Å². The molecule has 3 rings (SSSR count). The molecule has 2 aliphatic rings. The second-order valence-electron chi connectivity index (χ2n) is 7.40. The Morgan fingerprint density at radius 1 is 1.24 bits per heavy atom. The predicted octanol–water partition coefficient (Wildman–Crippen LogP) is 3.04. The van der Waals surface area contributed by atoms with Crippen molar-refractivity contribution in [2.75, 3.05) is 44.2 Å². The Labute approximate surface area is 191 Å². The number of halogens is 1. The molecule has 1 aromatic rings. The Balaban J connectivity index is 0.00000300. The minimum Gasteiger partial charge on any atom is -0.466 e. The molecule has 2 fully saturated rings. The van der Waals surface area contributed by atoms with Gasteiger partial charge in [0.2, 0.25) is 0 Å². The van der Waals surface area contributed by atoms with E-state index >= 15 is 0 Å². The second-order valence-corrected chi connectivity index (χ2v) is 7.40. The van der Waals surface area contributed by atoms with Crippen LogP contribution in [0.15, 0.2) is 23.3 Å². The average molecular weight is 515 g/mol. The van der Waals surface area contributed by atoms with Crippen molar-refractivity contribution in [1.29, 1.82) is 0 Å². The van der Waals surface area contributed by atoms with Crippen LogP contribution >= 0.6 is 24.0 Å². The number of ether oxygens (including phenoxy) is 1. The Morgan fingerprint density at radius 2 is 1.97 bits per heavy atom. The van der Waals surface area contributed by atoms with Crippen molar-refractivity contribution in [3.8, 4) is 0 Å². The number of pyridine rings is 1. The molecule has 0 aliphatic carbocycles. The molecule has 162 valence electrons. The highest BCUT2D eigenvalue weighted by Crippen LogP contribution is 2.20. The molecule has 0 bridgehead atoms. The number of likely N-dealkylation sites (tertiary alicyclic amines) is 1. The number of hydrogen-bond acceptors (Lipinski definition) is 5. The summed E-state index contributed by atoms with van der Waals surface area (Å²) < 4.78 is 5.17. The fourth-order valence-corrected chi connectivity index (χ4v) is 3.86. The first-order chi connectivity index (χ1) is 13.7. The van der Waals surface area contributed by atoms with Crippen molar-refractivity contribution in [3.05, 3.63) is 23.9 Å². The van der Waals surface area contributed by atoms with E-state index in [-0.39, 0.29) is 35.9 Å². The van der Waals surface area contributed by atoms with Crippen LogP contribution in [0.5, 0.6) is 0 Å². The van der Waals surface area contributed by atoms with E-state index in [1.807, 2.05) is 19.2 Å². The lowest BCUT2D eigenvalue weighted by Crippen LogP contribution is -2.46. The van der Waals surface area contributed by atoms with E-state index in [1.165, 1.54) is 18.4 Å². The number of rotatable bonds is 6. The molecular formula is C21H34IN5O2. The van der Waals surface area contributed by atoms with E-state index in [0.717, 1.165) is 57.3 Å². The molecule has 2 aliphatic heterocycles. The molecule has 8 heteroatoms. The van der Waals surface area contributed by atoms with Crippen LogP contribution in [0.2, 0.25) is 0 Å². The topological polar surface area (TPSA) is 70.1 Å². The Kier molecular flexibility index (Phi) is 9.96. The summed E-state index contributed by atoms with van der Waals surface area (Å²) in [7, 11) is 0. The lowest BCUT2D eigenvalue weighted by Gasteiger charge is -2.33. The summed E-state index contributed by atoms with van der Waals surface area (Å²) in [6.45, 7) is 9.69. The van der Waals surface area contributed by atoms with Crippen molar-refractivity contribution in [2.45, 2.75) is 46.1 Å². The van der Waals surface area contributed by atoms with Crippen LogP contribution in [0.4, 0.5) is 5.82 Å². The van der Waals surface area contributed by atoms with Crippen molar-refractivity contribution in [2.24, 2.45) is 10.9 Å². The summed E-state index contributed by atoms with van der Waals surface area (Å²) in [4.78, 5) is 25.9. The zero-order valence-electron chi connectivity index (χ0n) is 17.6. The molecule has 0 amide bonds. The van der Waals surface area contributed by atoms with Gasteiger partial charge in [0.05, 0.1) is 19.1 Å². The molecule has 0 atom stereocenters. The fraction of sp³-hybridized carbons (Fsp3) is 0.667. The highest BCUT2D eigenvalue weighted by Gasteiger charge is 2.27. The van der Waals surface area contributed by atoms with E-state index in [0.29, 0.717) is 13.2 Å². The van der Waals surface area contributed by atoms with Crippen LogP contribution in [0.25, 0.3) is 0 Å². The van der Waals surface area contributed by atoms with Crippen LogP contribution in [-0.2, 0) is 16.1 Å². The van der Waals surface area contributed by atoms with Crippen molar-refractivity contribution < 1.29 is 9.53 Å². The van der Waals surface area contributed by atoms with Gasteiger partial charge in [-0.05, 0) is 57.2 Å². The normalized spacial score (nSPS) is 17.8. The van der Waals surface area contributed by atoms with Gasteiger partial charge in [-0.25, -0.2) is 9.98 Å². The molecular weight excluding hydrogens is 481 g/mol. The second kappa shape index (κ2) is 12.2. The maximum Gasteiger partial charge on any atom is 0.309 e.